The molecule has 38 heavy (non-hydrogen) atoms. The van der Waals surface area contributed by atoms with Crippen LogP contribution in [0.15, 0.2) is 18.3 Å². The average Bonchev–Trinajstić information content (AvgIpc) is 2.79. The smallest absolute Gasteiger partial charge is 0.293 e. The minimum Gasteiger partial charge on any atom is -0.434 e. The van der Waals surface area contributed by atoms with Gasteiger partial charge in [-0.3, -0.25) is 9.59 Å². The van der Waals surface area contributed by atoms with Crippen LogP contribution in [-0.2, 0) is 14.2 Å². The molecule has 0 spiro atoms. The van der Waals surface area contributed by atoms with Crippen LogP contribution in [0.2, 0.25) is 11.3 Å². The van der Waals surface area contributed by atoms with Crippen LogP contribution in [0.3, 0.4) is 0 Å². The van der Waals surface area contributed by atoms with E-state index in [0.717, 1.165) is 50.9 Å². The molecule has 1 atom stereocenters. The second-order valence-corrected chi connectivity index (χ2v) is 13.2. The van der Waals surface area contributed by atoms with Crippen molar-refractivity contribution in [2.75, 3.05) is 18.0 Å². The van der Waals surface area contributed by atoms with E-state index in [2.05, 4.69) is 20.5 Å². The molecular formula is C28H48BClN5O3. The minimum atomic E-state index is -0.988. The summed E-state index contributed by atoms with van der Waals surface area (Å²) in [4.78, 5) is 33.0. The van der Waals surface area contributed by atoms with Gasteiger partial charge in [0.2, 0.25) is 11.8 Å². The van der Waals surface area contributed by atoms with Crippen molar-refractivity contribution in [1.82, 2.24) is 15.6 Å². The molecule has 1 aliphatic heterocycles. The molecule has 0 bridgehead atoms. The lowest BCUT2D eigenvalue weighted by Crippen LogP contribution is -2.66. The monoisotopic (exact) mass is 548 g/mol. The summed E-state index contributed by atoms with van der Waals surface area (Å²) in [6.45, 7) is 16.7. The number of nitrogens with one attached hydrogen (secondary N) is 2. The summed E-state index contributed by atoms with van der Waals surface area (Å²) >= 11 is 6.01. The third-order valence-corrected chi connectivity index (χ3v) is 7.82. The van der Waals surface area contributed by atoms with Crippen LogP contribution < -0.4 is 21.3 Å². The maximum absolute atomic E-state index is 13.9. The lowest BCUT2D eigenvalue weighted by molar-refractivity contribution is -0.137. The zero-order valence-electron chi connectivity index (χ0n) is 24.6. The fourth-order valence-electron chi connectivity index (χ4n) is 4.70. The molecule has 1 aromatic heterocycles. The minimum absolute atomic E-state index is 0.00509. The highest BCUT2D eigenvalue weighted by Gasteiger charge is 2.47. The zero-order chi connectivity index (χ0) is 28.8. The van der Waals surface area contributed by atoms with Crippen LogP contribution in [0.5, 0.6) is 0 Å². The van der Waals surface area contributed by atoms with E-state index in [0.29, 0.717) is 11.4 Å². The molecule has 0 aliphatic carbocycles. The standard InChI is InChI=1S/C28H48BClN5O3/c1-20(36)33-28(24(37)34-25(2,3)4,15-9-10-16-29-38-27(7,8)26(5,6)31)21-13-17-35(18-14-21)23-12-11-22(30)19-32-23/h11-12,19,21H,9-10,13-18,31H2,1-8H3,(H,33,36)(H,34,37). The number of nitrogens with zero attached hydrogens (tertiary/aromatic N) is 2. The van der Waals surface area contributed by atoms with Crippen molar-refractivity contribution in [2.24, 2.45) is 11.7 Å². The quantitative estimate of drug-likeness (QED) is 0.262. The molecule has 0 saturated carbocycles. The molecule has 10 heteroatoms. The maximum Gasteiger partial charge on any atom is 0.293 e. The van der Waals surface area contributed by atoms with Gasteiger partial charge < -0.3 is 25.9 Å². The molecule has 1 unspecified atom stereocenters. The number of nitrogens with two attached hydrogens (primary N) is 1. The summed E-state index contributed by atoms with van der Waals surface area (Å²) in [6.07, 6.45) is 6.06. The maximum atomic E-state index is 13.9. The van der Waals surface area contributed by atoms with E-state index in [9.17, 15) is 9.59 Å². The van der Waals surface area contributed by atoms with Crippen LogP contribution in [0.4, 0.5) is 5.82 Å². The summed E-state index contributed by atoms with van der Waals surface area (Å²) in [5.74, 6) is 0.554. The number of carbonyl (C=O) groups is 2. The van der Waals surface area contributed by atoms with Crippen molar-refractivity contribution in [3.8, 4) is 0 Å². The van der Waals surface area contributed by atoms with E-state index >= 15 is 0 Å². The van der Waals surface area contributed by atoms with E-state index in [1.807, 2.05) is 68.1 Å². The zero-order valence-corrected chi connectivity index (χ0v) is 25.4. The molecule has 2 amide bonds. The highest BCUT2D eigenvalue weighted by atomic mass is 35.5. The Morgan fingerprint density at radius 3 is 2.24 bits per heavy atom. The summed E-state index contributed by atoms with van der Waals surface area (Å²) in [7, 11) is 1.82. The van der Waals surface area contributed by atoms with Crippen molar-refractivity contribution >= 4 is 36.7 Å². The normalized spacial score (nSPS) is 17.1. The third kappa shape index (κ3) is 9.13. The van der Waals surface area contributed by atoms with Crippen molar-refractivity contribution < 1.29 is 14.2 Å². The number of halogens is 1. The molecule has 213 valence electrons. The number of piperidine rings is 1. The molecule has 0 aromatic carbocycles. The summed E-state index contributed by atoms with van der Waals surface area (Å²) in [5.41, 5.74) is 3.85. The fraction of sp³-hybridized carbons (Fsp3) is 0.750. The molecule has 1 radical (unpaired) electrons. The SMILES string of the molecule is CC(=O)NC(CCCC[B]OC(C)(C)C(C)(C)N)(C(=O)NC(C)(C)C)C1CCN(c2ccc(Cl)cn2)CC1. The number of pyridine rings is 1. The number of carbonyl (C=O) groups excluding carboxylic acids is 2. The Balaban J connectivity index is 2.14. The average molecular weight is 549 g/mol. The van der Waals surface area contributed by atoms with Gasteiger partial charge in [-0.15, -0.1) is 0 Å². The Bertz CT molecular complexity index is 922. The topological polar surface area (TPSA) is 110 Å². The van der Waals surface area contributed by atoms with Crippen LogP contribution in [-0.4, -0.2) is 59.6 Å². The fourth-order valence-corrected chi connectivity index (χ4v) is 4.81. The number of hydrogen-bond donors (Lipinski definition) is 3. The Morgan fingerprint density at radius 1 is 1.11 bits per heavy atom. The molecule has 2 rings (SSSR count). The first kappa shape index (κ1) is 32.4. The Labute approximate surface area is 235 Å². The highest BCUT2D eigenvalue weighted by molar-refractivity contribution is 6.30. The number of amides is 2. The van der Waals surface area contributed by atoms with Crippen LogP contribution >= 0.6 is 11.6 Å². The number of rotatable bonds is 12. The summed E-state index contributed by atoms with van der Waals surface area (Å²) in [6, 6.07) is 3.76. The molecule has 2 heterocycles. The molecule has 1 fully saturated rings. The van der Waals surface area contributed by atoms with E-state index in [1.54, 1.807) is 6.20 Å². The van der Waals surface area contributed by atoms with Crippen molar-refractivity contribution in [2.45, 2.75) is 116 Å². The van der Waals surface area contributed by atoms with Crippen LogP contribution in [0, 0.1) is 5.92 Å². The van der Waals surface area contributed by atoms with Crippen LogP contribution in [0.25, 0.3) is 0 Å². The highest BCUT2D eigenvalue weighted by Crippen LogP contribution is 2.35. The first-order chi connectivity index (χ1) is 17.5. The van der Waals surface area contributed by atoms with Gasteiger partial charge in [0.15, 0.2) is 0 Å². The van der Waals surface area contributed by atoms with Crippen molar-refractivity contribution in [1.29, 1.82) is 0 Å². The van der Waals surface area contributed by atoms with E-state index in [-0.39, 0.29) is 17.7 Å². The lowest BCUT2D eigenvalue weighted by Gasteiger charge is -2.45. The Kier molecular flexibility index (Phi) is 11.1. The predicted octanol–water partition coefficient (Wildman–Crippen LogP) is 4.48. The van der Waals surface area contributed by atoms with Gasteiger partial charge in [0.05, 0.1) is 10.6 Å². The van der Waals surface area contributed by atoms with Crippen molar-refractivity contribution in [3.63, 3.8) is 0 Å². The third-order valence-electron chi connectivity index (χ3n) is 7.59. The molecule has 1 saturated heterocycles. The van der Waals surface area contributed by atoms with E-state index < -0.39 is 22.2 Å². The number of unbranched alkanes of at least 4 members (excludes halogenated alkanes) is 1. The Morgan fingerprint density at radius 2 is 1.74 bits per heavy atom. The van der Waals surface area contributed by atoms with Gasteiger partial charge in [-0.2, -0.15) is 0 Å². The lowest BCUT2D eigenvalue weighted by atomic mass is 9.72. The molecule has 1 aliphatic rings. The first-order valence-electron chi connectivity index (χ1n) is 13.7. The van der Waals surface area contributed by atoms with Gasteiger partial charge >= 0.3 is 0 Å². The van der Waals surface area contributed by atoms with Gasteiger partial charge in [-0.05, 0) is 85.8 Å². The summed E-state index contributed by atoms with van der Waals surface area (Å²) in [5, 5.41) is 6.88. The van der Waals surface area contributed by atoms with Gasteiger partial charge in [-0.1, -0.05) is 30.8 Å². The van der Waals surface area contributed by atoms with Gasteiger partial charge in [0.25, 0.3) is 7.48 Å². The van der Waals surface area contributed by atoms with Crippen molar-refractivity contribution in [3.05, 3.63) is 23.4 Å². The van der Waals surface area contributed by atoms with Gasteiger partial charge in [0.1, 0.15) is 11.4 Å². The number of hydrogen-bond acceptors (Lipinski definition) is 6. The van der Waals surface area contributed by atoms with Gasteiger partial charge in [-0.25, -0.2) is 4.98 Å². The largest absolute Gasteiger partial charge is 0.434 e. The molecule has 1 aromatic rings. The Hall–Kier alpha value is -1.84. The number of aromatic nitrogens is 1. The molecular weight excluding hydrogens is 501 g/mol. The molecule has 8 nitrogen and oxygen atoms in total. The van der Waals surface area contributed by atoms with Gasteiger partial charge in [0, 0.05) is 37.3 Å². The second-order valence-electron chi connectivity index (χ2n) is 12.7. The van der Waals surface area contributed by atoms with Crippen LogP contribution in [0.1, 0.15) is 87.5 Å². The summed E-state index contributed by atoms with van der Waals surface area (Å²) < 4.78 is 5.96. The van der Waals surface area contributed by atoms with E-state index in [4.69, 9.17) is 22.0 Å². The second kappa shape index (κ2) is 13.0. The first-order valence-corrected chi connectivity index (χ1v) is 14.1. The van der Waals surface area contributed by atoms with E-state index in [1.165, 1.54) is 6.92 Å². The number of anilines is 1. The predicted molar refractivity (Wildman–Crippen MR) is 156 cm³/mol. The molecule has 4 N–H and O–H groups in total.